The predicted molar refractivity (Wildman–Crippen MR) is 71.7 cm³/mol. The Morgan fingerprint density at radius 3 is 2.89 bits per heavy atom. The molecule has 2 rings (SSSR count). The van der Waals surface area contributed by atoms with Gasteiger partial charge in [-0.2, -0.15) is 0 Å². The summed E-state index contributed by atoms with van der Waals surface area (Å²) < 4.78 is 0. The fourth-order valence-corrected chi connectivity index (χ4v) is 2.62. The van der Waals surface area contributed by atoms with Crippen LogP contribution in [0.25, 0.3) is 0 Å². The average molecular weight is 276 g/mol. The average Bonchev–Trinajstić information content (AvgIpc) is 2.92. The minimum atomic E-state index is -0.273. The van der Waals surface area contributed by atoms with Gasteiger partial charge < -0.3 is 15.5 Å². The van der Waals surface area contributed by atoms with Crippen LogP contribution < -0.4 is 10.6 Å². The van der Waals surface area contributed by atoms with Gasteiger partial charge in [0.1, 0.15) is 6.04 Å². The zero-order valence-corrected chi connectivity index (χ0v) is 11.6. The number of rotatable bonds is 4. The van der Waals surface area contributed by atoms with Crippen LogP contribution in [0, 0.1) is 0 Å². The first-order valence-corrected chi connectivity index (χ1v) is 6.53. The van der Waals surface area contributed by atoms with Crippen molar-refractivity contribution in [3.05, 3.63) is 0 Å². The molecule has 2 heterocycles. The second-order valence-electron chi connectivity index (χ2n) is 4.81. The Morgan fingerprint density at radius 2 is 2.39 bits per heavy atom. The van der Waals surface area contributed by atoms with Gasteiger partial charge in [0.05, 0.1) is 0 Å². The molecule has 0 aromatic carbocycles. The SMILES string of the molecule is CCC(C(=O)NC1CCNC1)N1CCCC1=O.Cl. The number of carbonyl (C=O) groups excluding carboxylic acids is 2. The molecular formula is C12H22ClN3O2. The van der Waals surface area contributed by atoms with E-state index in [4.69, 9.17) is 0 Å². The molecule has 0 bridgehead atoms. The van der Waals surface area contributed by atoms with Crippen molar-refractivity contribution < 1.29 is 9.59 Å². The van der Waals surface area contributed by atoms with Gasteiger partial charge in [0.25, 0.3) is 0 Å². The molecule has 2 fully saturated rings. The summed E-state index contributed by atoms with van der Waals surface area (Å²) in [6.45, 7) is 4.50. The normalized spacial score (nSPS) is 24.8. The highest BCUT2D eigenvalue weighted by atomic mass is 35.5. The highest BCUT2D eigenvalue weighted by molar-refractivity contribution is 5.88. The van der Waals surface area contributed by atoms with E-state index < -0.39 is 0 Å². The first-order valence-electron chi connectivity index (χ1n) is 6.53. The molecule has 18 heavy (non-hydrogen) atoms. The van der Waals surface area contributed by atoms with Crippen LogP contribution in [0.4, 0.5) is 0 Å². The number of carbonyl (C=O) groups is 2. The van der Waals surface area contributed by atoms with Crippen molar-refractivity contribution in [1.82, 2.24) is 15.5 Å². The molecule has 5 nitrogen and oxygen atoms in total. The smallest absolute Gasteiger partial charge is 0.243 e. The Balaban J connectivity index is 0.00000162. The lowest BCUT2D eigenvalue weighted by Crippen LogP contribution is -2.50. The van der Waals surface area contributed by atoms with Gasteiger partial charge >= 0.3 is 0 Å². The third-order valence-corrected chi connectivity index (χ3v) is 3.58. The maximum atomic E-state index is 12.1. The monoisotopic (exact) mass is 275 g/mol. The molecule has 2 atom stereocenters. The van der Waals surface area contributed by atoms with E-state index in [9.17, 15) is 9.59 Å². The van der Waals surface area contributed by atoms with E-state index in [1.807, 2.05) is 6.92 Å². The number of nitrogens with one attached hydrogen (secondary N) is 2. The quantitative estimate of drug-likeness (QED) is 0.775. The molecule has 0 aliphatic carbocycles. The molecular weight excluding hydrogens is 254 g/mol. The maximum absolute atomic E-state index is 12.1. The lowest BCUT2D eigenvalue weighted by Gasteiger charge is -2.27. The fraction of sp³-hybridized carbons (Fsp3) is 0.833. The van der Waals surface area contributed by atoms with Gasteiger partial charge in [-0.1, -0.05) is 6.92 Å². The van der Waals surface area contributed by atoms with Crippen LogP contribution in [0.1, 0.15) is 32.6 Å². The second kappa shape index (κ2) is 6.95. The summed E-state index contributed by atoms with van der Waals surface area (Å²) >= 11 is 0. The topological polar surface area (TPSA) is 61.4 Å². The zero-order valence-electron chi connectivity index (χ0n) is 10.8. The summed E-state index contributed by atoms with van der Waals surface area (Å²) in [4.78, 5) is 25.5. The maximum Gasteiger partial charge on any atom is 0.243 e. The van der Waals surface area contributed by atoms with E-state index in [2.05, 4.69) is 10.6 Å². The van der Waals surface area contributed by atoms with E-state index in [1.165, 1.54) is 0 Å². The summed E-state index contributed by atoms with van der Waals surface area (Å²) in [5.41, 5.74) is 0. The van der Waals surface area contributed by atoms with E-state index in [0.717, 1.165) is 32.5 Å². The molecule has 2 aliphatic heterocycles. The molecule has 0 aromatic heterocycles. The van der Waals surface area contributed by atoms with Gasteiger partial charge in [-0.3, -0.25) is 9.59 Å². The third kappa shape index (κ3) is 3.36. The largest absolute Gasteiger partial charge is 0.350 e. The number of likely N-dealkylation sites (tertiary alicyclic amines) is 1. The molecule has 0 aromatic rings. The summed E-state index contributed by atoms with van der Waals surface area (Å²) in [5, 5.41) is 6.25. The molecule has 2 aliphatic rings. The molecule has 2 saturated heterocycles. The number of nitrogens with zero attached hydrogens (tertiary/aromatic N) is 1. The van der Waals surface area contributed by atoms with Crippen LogP contribution >= 0.6 is 12.4 Å². The highest BCUT2D eigenvalue weighted by Gasteiger charge is 2.32. The van der Waals surface area contributed by atoms with Crippen molar-refractivity contribution in [1.29, 1.82) is 0 Å². The van der Waals surface area contributed by atoms with Crippen LogP contribution in [0.15, 0.2) is 0 Å². The number of hydrogen-bond donors (Lipinski definition) is 2. The van der Waals surface area contributed by atoms with Gasteiger partial charge in [0.15, 0.2) is 0 Å². The first kappa shape index (κ1) is 15.2. The van der Waals surface area contributed by atoms with Gasteiger partial charge in [-0.25, -0.2) is 0 Å². The number of hydrogen-bond acceptors (Lipinski definition) is 3. The minimum Gasteiger partial charge on any atom is -0.350 e. The molecule has 0 saturated carbocycles. The van der Waals surface area contributed by atoms with Crippen molar-refractivity contribution in [3.8, 4) is 0 Å². The van der Waals surface area contributed by atoms with E-state index in [1.54, 1.807) is 4.90 Å². The van der Waals surface area contributed by atoms with Crippen molar-refractivity contribution >= 4 is 24.2 Å². The molecule has 6 heteroatoms. The number of amides is 2. The Labute approximate surface area is 114 Å². The molecule has 104 valence electrons. The third-order valence-electron chi connectivity index (χ3n) is 3.58. The van der Waals surface area contributed by atoms with Gasteiger partial charge in [0, 0.05) is 25.6 Å². The molecule has 2 amide bonds. The standard InChI is InChI=1S/C12H21N3O2.ClH/c1-2-10(15-7-3-4-11(15)16)12(17)14-9-5-6-13-8-9;/h9-10,13H,2-8H2,1H3,(H,14,17);1H. The zero-order chi connectivity index (χ0) is 12.3. The summed E-state index contributed by atoms with van der Waals surface area (Å²) in [5.74, 6) is 0.132. The van der Waals surface area contributed by atoms with Crippen molar-refractivity contribution in [2.45, 2.75) is 44.7 Å². The van der Waals surface area contributed by atoms with Gasteiger partial charge in [-0.05, 0) is 25.8 Å². The Morgan fingerprint density at radius 1 is 1.61 bits per heavy atom. The number of halogens is 1. The summed E-state index contributed by atoms with van der Waals surface area (Å²) in [7, 11) is 0. The molecule has 0 radical (unpaired) electrons. The summed E-state index contributed by atoms with van der Waals surface area (Å²) in [6.07, 6.45) is 3.15. The molecule has 0 spiro atoms. The lowest BCUT2D eigenvalue weighted by atomic mass is 10.1. The lowest BCUT2D eigenvalue weighted by molar-refractivity contribution is -0.137. The molecule has 2 unspecified atom stereocenters. The van der Waals surface area contributed by atoms with Gasteiger partial charge in [0.2, 0.25) is 11.8 Å². The Kier molecular flexibility index (Phi) is 5.88. The van der Waals surface area contributed by atoms with Crippen LogP contribution in [0.3, 0.4) is 0 Å². The fourth-order valence-electron chi connectivity index (χ4n) is 2.62. The van der Waals surface area contributed by atoms with Crippen LogP contribution in [0.5, 0.6) is 0 Å². The van der Waals surface area contributed by atoms with E-state index in [-0.39, 0.29) is 36.3 Å². The van der Waals surface area contributed by atoms with E-state index >= 15 is 0 Å². The minimum absolute atomic E-state index is 0. The second-order valence-corrected chi connectivity index (χ2v) is 4.81. The van der Waals surface area contributed by atoms with Crippen molar-refractivity contribution in [3.63, 3.8) is 0 Å². The van der Waals surface area contributed by atoms with Gasteiger partial charge in [-0.15, -0.1) is 12.4 Å². The molecule has 2 N–H and O–H groups in total. The van der Waals surface area contributed by atoms with E-state index in [0.29, 0.717) is 12.8 Å². The highest BCUT2D eigenvalue weighted by Crippen LogP contribution is 2.16. The van der Waals surface area contributed by atoms with Crippen molar-refractivity contribution in [2.75, 3.05) is 19.6 Å². The first-order chi connectivity index (χ1) is 8.22. The predicted octanol–water partition coefficient (Wildman–Crippen LogP) is 0.287. The Hall–Kier alpha value is -0.810. The summed E-state index contributed by atoms with van der Waals surface area (Å²) in [6, 6.07) is -0.0418. The van der Waals surface area contributed by atoms with Crippen LogP contribution in [-0.2, 0) is 9.59 Å². The Bertz CT molecular complexity index is 306. The van der Waals surface area contributed by atoms with Crippen LogP contribution in [-0.4, -0.2) is 48.4 Å². The van der Waals surface area contributed by atoms with Crippen molar-refractivity contribution in [2.24, 2.45) is 0 Å². The van der Waals surface area contributed by atoms with Crippen LogP contribution in [0.2, 0.25) is 0 Å².